The number of likely N-dealkylation sites (tertiary alicyclic amines) is 2. The fourth-order valence-electron chi connectivity index (χ4n) is 11.2. The largest absolute Gasteiger partial charge is 0.416 e. The first kappa shape index (κ1) is 41.1. The van der Waals surface area contributed by atoms with E-state index in [4.69, 9.17) is 28.7 Å². The van der Waals surface area contributed by atoms with E-state index in [0.717, 1.165) is 60.6 Å². The summed E-state index contributed by atoms with van der Waals surface area (Å²) in [6, 6.07) is 7.42. The van der Waals surface area contributed by atoms with Crippen molar-refractivity contribution in [1.29, 1.82) is 0 Å². The van der Waals surface area contributed by atoms with Crippen LogP contribution in [0, 0.1) is 27.6 Å². The normalized spacial score (nSPS) is 26.1. The van der Waals surface area contributed by atoms with Gasteiger partial charge in [0.05, 0.1) is 71.2 Å². The molecule has 0 radical (unpaired) electrons. The van der Waals surface area contributed by atoms with Crippen LogP contribution in [0.2, 0.25) is 0 Å². The van der Waals surface area contributed by atoms with Gasteiger partial charge in [0, 0.05) is 123 Å². The van der Waals surface area contributed by atoms with Gasteiger partial charge in [-0.15, -0.1) is 0 Å². The maximum atomic E-state index is 13.7. The maximum Gasteiger partial charge on any atom is 0.416 e. The Bertz CT molecular complexity index is 3120. The quantitative estimate of drug-likeness (QED) is 0.128. The van der Waals surface area contributed by atoms with Crippen molar-refractivity contribution in [3.05, 3.63) is 129 Å². The average molecular weight is 1080 g/mol. The minimum absolute atomic E-state index is 0.00609. The Morgan fingerprint density at radius 1 is 0.645 bits per heavy atom. The molecule has 4 saturated heterocycles. The van der Waals surface area contributed by atoms with E-state index < -0.39 is 104 Å². The SMILES string of the molecule is [2H]C([2H])([2H])OC([2H])([2H])[C@@]([2H])(c1ccc(C(F)(F)F)cc1)N1CCN(C2(C)CCN(C(=O)c3c(C([2H])([2H])[2H])ccnc3C([2H])([2H])[2H])CC2)C[C@@H]1C.[2H]C([2H])([2H])OC[C@@H](c1ccc(C(F)(F)F)cc1)N1CCN(C2(C)CCN(C(=O)c3c(C)ccnc3C)CC2)C[C@@H]1C. The van der Waals surface area contributed by atoms with Gasteiger partial charge in [-0.3, -0.25) is 39.2 Å². The predicted octanol–water partition coefficient (Wildman–Crippen LogP) is 10.2. The Hall–Kier alpha value is -4.98. The summed E-state index contributed by atoms with van der Waals surface area (Å²) in [4.78, 5) is 46.5. The van der Waals surface area contributed by atoms with Crippen molar-refractivity contribution >= 4 is 11.8 Å². The molecule has 4 aromatic rings. The van der Waals surface area contributed by atoms with Crippen LogP contribution in [-0.4, -0.2) is 167 Å². The molecule has 2 aromatic heterocycles. The first-order valence-electron chi connectivity index (χ1n) is 32.9. The number of piperazine rings is 2. The summed E-state index contributed by atoms with van der Waals surface area (Å²) >= 11 is 0. The second-order valence-electron chi connectivity index (χ2n) is 20.8. The molecule has 4 atom stereocenters. The van der Waals surface area contributed by atoms with Gasteiger partial charge < -0.3 is 19.3 Å². The van der Waals surface area contributed by atoms with Crippen LogP contribution in [0.3, 0.4) is 0 Å². The lowest BCUT2D eigenvalue weighted by molar-refractivity contribution is -0.138. The van der Waals surface area contributed by atoms with Crippen molar-refractivity contribution in [2.45, 2.75) is 129 Å². The highest BCUT2D eigenvalue weighted by atomic mass is 19.4. The van der Waals surface area contributed by atoms with Crippen molar-refractivity contribution in [3.8, 4) is 0 Å². The molecule has 2 amide bonds. The van der Waals surface area contributed by atoms with Crippen LogP contribution in [0.15, 0.2) is 73.1 Å². The number of pyridine rings is 2. The van der Waals surface area contributed by atoms with E-state index in [2.05, 4.69) is 38.5 Å². The molecule has 6 heterocycles. The van der Waals surface area contributed by atoms with E-state index in [1.54, 1.807) is 13.1 Å². The van der Waals surface area contributed by atoms with Gasteiger partial charge in [0.25, 0.3) is 11.8 Å². The number of methoxy groups -OCH3 is 2. The molecule has 76 heavy (non-hydrogen) atoms. The van der Waals surface area contributed by atoms with Crippen LogP contribution < -0.4 is 0 Å². The first-order chi connectivity index (χ1) is 41.7. The molecule has 0 bridgehead atoms. The second kappa shape index (κ2) is 24.4. The van der Waals surface area contributed by atoms with Crippen molar-refractivity contribution in [2.75, 3.05) is 92.7 Å². The molecule has 0 unspecified atom stereocenters. The van der Waals surface area contributed by atoms with Crippen LogP contribution in [-0.2, 0) is 21.8 Å². The van der Waals surface area contributed by atoms with Gasteiger partial charge in [-0.1, -0.05) is 24.3 Å². The van der Waals surface area contributed by atoms with E-state index in [0.29, 0.717) is 68.8 Å². The molecule has 0 aliphatic carbocycles. The second-order valence-corrected chi connectivity index (χ2v) is 20.8. The van der Waals surface area contributed by atoms with Crippen molar-refractivity contribution in [3.63, 3.8) is 0 Å². The molecule has 0 saturated carbocycles. The number of alkyl halides is 6. The zero-order chi connectivity index (χ0) is 68.0. The molecule has 4 aliphatic heterocycles. The summed E-state index contributed by atoms with van der Waals surface area (Å²) in [6.07, 6.45) is -3.99. The number of rotatable bonds is 12. The van der Waals surface area contributed by atoms with Gasteiger partial charge in [-0.05, 0) is 140 Å². The number of ether oxygens (including phenoxy) is 2. The third-order valence-corrected chi connectivity index (χ3v) is 16.0. The fraction of sp³-hybridized carbons (Fsp3) is 0.586. The Balaban J connectivity index is 0.000000263. The van der Waals surface area contributed by atoms with Crippen LogP contribution in [0.1, 0.15) is 151 Å². The summed E-state index contributed by atoms with van der Waals surface area (Å²) in [5.74, 6) is -0.746. The maximum absolute atomic E-state index is 13.7. The van der Waals surface area contributed by atoms with Gasteiger partial charge in [-0.25, -0.2) is 0 Å². The van der Waals surface area contributed by atoms with Gasteiger partial charge in [0.15, 0.2) is 0 Å². The lowest BCUT2D eigenvalue weighted by Gasteiger charge is -2.52. The van der Waals surface area contributed by atoms with Gasteiger partial charge >= 0.3 is 12.4 Å². The third kappa shape index (κ3) is 13.3. The standard InChI is InChI=1S/2C29H39F3N4O2/c2*1-20-10-13-33-22(3)26(20)27(37)34-14-11-28(4,12-15-34)35-16-17-36(21(2)18-35)25(19-38-5)23-6-8-24(9-7-23)29(30,31)32/h2*6-10,13,21,25H,11-12,14-19H2,1-5H3/t2*21-,25-/m00/s1/i1D3,3D3,5D3,19D2,25D;5D3. The highest BCUT2D eigenvalue weighted by Gasteiger charge is 2.44. The minimum Gasteiger partial charge on any atom is -0.383 e. The Morgan fingerprint density at radius 3 is 1.55 bits per heavy atom. The topological polar surface area (TPSA) is 97.8 Å². The molecule has 0 spiro atoms. The van der Waals surface area contributed by atoms with E-state index >= 15 is 0 Å². The predicted molar refractivity (Wildman–Crippen MR) is 282 cm³/mol. The van der Waals surface area contributed by atoms with E-state index in [1.807, 2.05) is 31.7 Å². The number of carbonyl (C=O) groups excluding carboxylic acids is 2. The number of hydrogen-bond donors (Lipinski definition) is 0. The van der Waals surface area contributed by atoms with Crippen LogP contribution in [0.4, 0.5) is 26.3 Å². The Morgan fingerprint density at radius 2 is 1.11 bits per heavy atom. The zero-order valence-corrected chi connectivity index (χ0v) is 43.7. The van der Waals surface area contributed by atoms with E-state index in [9.17, 15) is 37.3 Å². The number of nitrogens with zero attached hydrogens (tertiary/aromatic N) is 8. The Kier molecular flexibility index (Phi) is 13.2. The summed E-state index contributed by atoms with van der Waals surface area (Å²) in [5, 5.41) is 0. The number of piperidine rings is 2. The molecule has 8 rings (SSSR count). The Labute approximate surface area is 466 Å². The molecule has 0 N–H and O–H groups in total. The smallest absolute Gasteiger partial charge is 0.383 e. The highest BCUT2D eigenvalue weighted by Crippen LogP contribution is 2.38. The molecule has 416 valence electrons. The fourth-order valence-corrected chi connectivity index (χ4v) is 11.2. The molecular weight excluding hydrogens is 987 g/mol. The molecule has 4 fully saturated rings. The average Bonchev–Trinajstić information content (AvgIpc) is 0.745. The summed E-state index contributed by atoms with van der Waals surface area (Å²) < 4.78 is 208. The molecule has 18 heteroatoms. The number of aryl methyl sites for hydroxylation is 4. The van der Waals surface area contributed by atoms with Crippen molar-refractivity contribution in [1.82, 2.24) is 39.4 Å². The number of hydrogen-bond acceptors (Lipinski definition) is 10. The van der Waals surface area contributed by atoms with Crippen molar-refractivity contribution in [2.24, 2.45) is 0 Å². The van der Waals surface area contributed by atoms with E-state index in [1.165, 1.54) is 21.9 Å². The van der Waals surface area contributed by atoms with Gasteiger partial charge in [0.2, 0.25) is 0 Å². The molecule has 2 aromatic carbocycles. The number of benzene rings is 2. The number of amides is 2. The first-order valence-corrected chi connectivity index (χ1v) is 25.4. The molecule has 4 aliphatic rings. The highest BCUT2D eigenvalue weighted by molar-refractivity contribution is 5.97. The summed E-state index contributed by atoms with van der Waals surface area (Å²) in [7, 11) is -5.88. The number of halogens is 6. The third-order valence-electron chi connectivity index (χ3n) is 16.0. The summed E-state index contributed by atoms with van der Waals surface area (Å²) in [5.41, 5.74) is -1.24. The van der Waals surface area contributed by atoms with Crippen LogP contribution in [0.5, 0.6) is 0 Å². The summed E-state index contributed by atoms with van der Waals surface area (Å²) in [6.45, 7) is 6.73. The lowest BCUT2D eigenvalue weighted by atomic mass is 9.86. The monoisotopic (exact) mass is 1080 g/mol. The van der Waals surface area contributed by atoms with Crippen LogP contribution in [0.25, 0.3) is 0 Å². The minimum atomic E-state index is -4.69. The van der Waals surface area contributed by atoms with Crippen molar-refractivity contribution < 1.29 is 66.0 Å². The lowest BCUT2D eigenvalue weighted by Crippen LogP contribution is -2.62. The van der Waals surface area contributed by atoms with Gasteiger partial charge in [-0.2, -0.15) is 26.3 Å². The number of aromatic nitrogens is 2. The zero-order valence-electron chi connectivity index (χ0n) is 58.7. The van der Waals surface area contributed by atoms with Gasteiger partial charge in [0.1, 0.15) is 0 Å². The molecule has 12 nitrogen and oxygen atoms in total. The van der Waals surface area contributed by atoms with Crippen LogP contribution >= 0.6 is 0 Å². The molecular formula is C58H78F6N8O4. The van der Waals surface area contributed by atoms with E-state index in [-0.39, 0.29) is 62.4 Å². The number of carbonyl (C=O) groups is 2.